The van der Waals surface area contributed by atoms with Crippen LogP contribution < -0.4 is 5.73 Å². The molecule has 0 aliphatic carbocycles. The topological polar surface area (TPSA) is 63.5 Å². The van der Waals surface area contributed by atoms with Gasteiger partial charge in [-0.2, -0.15) is 0 Å². The fraction of sp³-hybridized carbons (Fsp3) is 0.0714. The highest BCUT2D eigenvalue weighted by atomic mass is 16.3. The van der Waals surface area contributed by atoms with Crippen molar-refractivity contribution < 1.29 is 5.11 Å². The van der Waals surface area contributed by atoms with Crippen LogP contribution in [0.25, 0.3) is 16.9 Å². The number of nitrogens with two attached hydrogens (primary N) is 1. The summed E-state index contributed by atoms with van der Waals surface area (Å²) in [6, 6.07) is 13.5. The average Bonchev–Trinajstić information content (AvgIpc) is 2.76. The molecule has 0 radical (unpaired) electrons. The van der Waals surface area contributed by atoms with E-state index in [0.717, 1.165) is 22.5 Å². The summed E-state index contributed by atoms with van der Waals surface area (Å²) in [5.74, 6) is 0.612. The van der Waals surface area contributed by atoms with Crippen LogP contribution in [0.4, 0.5) is 5.82 Å². The lowest BCUT2D eigenvalue weighted by atomic mass is 10.1. The number of hydrogen-bond acceptors (Lipinski definition) is 3. The summed E-state index contributed by atoms with van der Waals surface area (Å²) >= 11 is 0. The number of nitrogen functional groups attached to an aromatic ring is 1. The summed E-state index contributed by atoms with van der Waals surface area (Å²) in [5.41, 5.74) is 9.43. The summed E-state index contributed by atoms with van der Waals surface area (Å²) in [5, 5.41) is 9.12. The standard InChI is InChI=1S/C14H13N3O/c15-14-13(11-4-2-1-3-5-11)16-12-8-10(9-18)6-7-17(12)14/h1-8,18H,9,15H2. The van der Waals surface area contributed by atoms with E-state index in [1.807, 2.05) is 53.1 Å². The molecule has 4 heteroatoms. The molecule has 90 valence electrons. The summed E-state index contributed by atoms with van der Waals surface area (Å²) < 4.78 is 1.82. The SMILES string of the molecule is Nc1c(-c2ccccc2)nc2cc(CO)ccn12. The van der Waals surface area contributed by atoms with Crippen LogP contribution in [0, 0.1) is 0 Å². The third-order valence-electron chi connectivity index (χ3n) is 2.96. The summed E-state index contributed by atoms with van der Waals surface area (Å²) in [6.07, 6.45) is 1.83. The molecular formula is C14H13N3O. The zero-order valence-corrected chi connectivity index (χ0v) is 9.74. The van der Waals surface area contributed by atoms with Crippen molar-refractivity contribution in [3.63, 3.8) is 0 Å². The molecule has 0 fully saturated rings. The van der Waals surface area contributed by atoms with Gasteiger partial charge < -0.3 is 10.8 Å². The maximum absolute atomic E-state index is 9.12. The lowest BCUT2D eigenvalue weighted by molar-refractivity contribution is 0.282. The monoisotopic (exact) mass is 239 g/mol. The molecule has 0 saturated carbocycles. The van der Waals surface area contributed by atoms with E-state index in [-0.39, 0.29) is 6.61 Å². The first-order valence-electron chi connectivity index (χ1n) is 5.72. The van der Waals surface area contributed by atoms with Gasteiger partial charge in [0.05, 0.1) is 6.61 Å². The fourth-order valence-corrected chi connectivity index (χ4v) is 2.01. The first-order chi connectivity index (χ1) is 8.79. The van der Waals surface area contributed by atoms with Crippen molar-refractivity contribution >= 4 is 11.5 Å². The van der Waals surface area contributed by atoms with E-state index in [1.54, 1.807) is 0 Å². The van der Waals surface area contributed by atoms with Gasteiger partial charge >= 0.3 is 0 Å². The number of hydrogen-bond donors (Lipinski definition) is 2. The largest absolute Gasteiger partial charge is 0.392 e. The van der Waals surface area contributed by atoms with Crippen molar-refractivity contribution in [2.75, 3.05) is 5.73 Å². The second kappa shape index (κ2) is 4.16. The fourth-order valence-electron chi connectivity index (χ4n) is 2.01. The highest BCUT2D eigenvalue weighted by Gasteiger charge is 2.10. The van der Waals surface area contributed by atoms with E-state index in [9.17, 15) is 0 Å². The van der Waals surface area contributed by atoms with Crippen molar-refractivity contribution in [3.8, 4) is 11.3 Å². The minimum atomic E-state index is 0.00390. The highest BCUT2D eigenvalue weighted by molar-refractivity contribution is 5.74. The van der Waals surface area contributed by atoms with E-state index < -0.39 is 0 Å². The maximum Gasteiger partial charge on any atom is 0.139 e. The lowest BCUT2D eigenvalue weighted by Crippen LogP contribution is -1.94. The number of pyridine rings is 1. The van der Waals surface area contributed by atoms with Crippen LogP contribution in [0.2, 0.25) is 0 Å². The molecule has 0 bridgehead atoms. The lowest BCUT2D eigenvalue weighted by Gasteiger charge is -1.99. The summed E-state index contributed by atoms with van der Waals surface area (Å²) in [4.78, 5) is 4.52. The Balaban J connectivity index is 2.23. The van der Waals surface area contributed by atoms with Crippen LogP contribution >= 0.6 is 0 Å². The molecule has 3 N–H and O–H groups in total. The highest BCUT2D eigenvalue weighted by Crippen LogP contribution is 2.26. The van der Waals surface area contributed by atoms with Gasteiger partial charge in [0.1, 0.15) is 17.2 Å². The van der Waals surface area contributed by atoms with Gasteiger partial charge in [-0.1, -0.05) is 30.3 Å². The molecule has 3 rings (SSSR count). The number of rotatable bonds is 2. The van der Waals surface area contributed by atoms with Gasteiger partial charge in [0.15, 0.2) is 0 Å². The zero-order valence-electron chi connectivity index (χ0n) is 9.74. The minimum Gasteiger partial charge on any atom is -0.392 e. The molecular weight excluding hydrogens is 226 g/mol. The van der Waals surface area contributed by atoms with Gasteiger partial charge in [-0.05, 0) is 17.7 Å². The van der Waals surface area contributed by atoms with Crippen LogP contribution in [0.1, 0.15) is 5.56 Å². The Morgan fingerprint density at radius 3 is 2.67 bits per heavy atom. The minimum absolute atomic E-state index is 0.00390. The number of fused-ring (bicyclic) bond motifs is 1. The molecule has 3 aromatic rings. The molecule has 4 nitrogen and oxygen atoms in total. The van der Waals surface area contributed by atoms with Gasteiger partial charge in [0, 0.05) is 11.8 Å². The van der Waals surface area contributed by atoms with E-state index in [2.05, 4.69) is 4.98 Å². The molecule has 0 unspecified atom stereocenters. The Morgan fingerprint density at radius 2 is 1.94 bits per heavy atom. The molecule has 0 amide bonds. The average molecular weight is 239 g/mol. The number of aliphatic hydroxyl groups excluding tert-OH is 1. The Kier molecular flexibility index (Phi) is 2.50. The molecule has 18 heavy (non-hydrogen) atoms. The second-order valence-electron chi connectivity index (χ2n) is 4.13. The molecule has 0 spiro atoms. The predicted molar refractivity (Wildman–Crippen MR) is 71.0 cm³/mol. The van der Waals surface area contributed by atoms with Gasteiger partial charge in [-0.3, -0.25) is 4.40 Å². The summed E-state index contributed by atoms with van der Waals surface area (Å²) in [7, 11) is 0. The van der Waals surface area contributed by atoms with Gasteiger partial charge in [0.2, 0.25) is 0 Å². The Morgan fingerprint density at radius 1 is 1.17 bits per heavy atom. The second-order valence-corrected chi connectivity index (χ2v) is 4.13. The number of aliphatic hydroxyl groups is 1. The van der Waals surface area contributed by atoms with Crippen LogP contribution in [0.5, 0.6) is 0 Å². The molecule has 2 heterocycles. The molecule has 1 aromatic carbocycles. The number of anilines is 1. The van der Waals surface area contributed by atoms with E-state index in [4.69, 9.17) is 10.8 Å². The van der Waals surface area contributed by atoms with Crippen LogP contribution in [0.15, 0.2) is 48.7 Å². The predicted octanol–water partition coefficient (Wildman–Crippen LogP) is 2.08. The van der Waals surface area contributed by atoms with E-state index >= 15 is 0 Å². The zero-order chi connectivity index (χ0) is 12.5. The molecule has 0 atom stereocenters. The maximum atomic E-state index is 9.12. The number of aromatic nitrogens is 2. The first kappa shape index (κ1) is 10.8. The molecule has 2 aromatic heterocycles. The molecule has 0 aliphatic heterocycles. The molecule has 0 saturated heterocycles. The number of nitrogens with zero attached hydrogens (tertiary/aromatic N) is 2. The quantitative estimate of drug-likeness (QED) is 0.719. The number of imidazole rings is 1. The normalized spacial score (nSPS) is 10.9. The van der Waals surface area contributed by atoms with Crippen LogP contribution in [-0.2, 0) is 6.61 Å². The van der Waals surface area contributed by atoms with E-state index in [0.29, 0.717) is 5.82 Å². The smallest absolute Gasteiger partial charge is 0.139 e. The van der Waals surface area contributed by atoms with Crippen molar-refractivity contribution in [2.45, 2.75) is 6.61 Å². The Labute approximate surface area is 104 Å². The van der Waals surface area contributed by atoms with Gasteiger partial charge in [-0.25, -0.2) is 4.98 Å². The van der Waals surface area contributed by atoms with Crippen LogP contribution in [0.3, 0.4) is 0 Å². The van der Waals surface area contributed by atoms with Gasteiger partial charge in [0.25, 0.3) is 0 Å². The van der Waals surface area contributed by atoms with Gasteiger partial charge in [-0.15, -0.1) is 0 Å². The van der Waals surface area contributed by atoms with Crippen molar-refractivity contribution in [1.82, 2.24) is 9.38 Å². The number of benzene rings is 1. The van der Waals surface area contributed by atoms with Crippen molar-refractivity contribution in [3.05, 3.63) is 54.2 Å². The van der Waals surface area contributed by atoms with Crippen LogP contribution in [-0.4, -0.2) is 14.5 Å². The molecule has 0 aliphatic rings. The van der Waals surface area contributed by atoms with Crippen molar-refractivity contribution in [1.29, 1.82) is 0 Å². The Hall–Kier alpha value is -2.33. The Bertz CT molecular complexity index is 689. The van der Waals surface area contributed by atoms with Crippen molar-refractivity contribution in [2.24, 2.45) is 0 Å². The van der Waals surface area contributed by atoms with E-state index in [1.165, 1.54) is 0 Å². The summed E-state index contributed by atoms with van der Waals surface area (Å²) in [6.45, 7) is 0.00390. The third-order valence-corrected chi connectivity index (χ3v) is 2.96. The first-order valence-corrected chi connectivity index (χ1v) is 5.72. The third kappa shape index (κ3) is 1.63.